The van der Waals surface area contributed by atoms with Gasteiger partial charge in [-0.15, -0.1) is 0 Å². The van der Waals surface area contributed by atoms with Crippen molar-refractivity contribution in [3.8, 4) is 0 Å². The van der Waals surface area contributed by atoms with Crippen LogP contribution in [0.2, 0.25) is 0 Å². The van der Waals surface area contributed by atoms with Crippen molar-refractivity contribution in [2.45, 2.75) is 243 Å². The molecule has 1 heterocycles. The highest BCUT2D eigenvalue weighted by molar-refractivity contribution is 6.00. The summed E-state index contributed by atoms with van der Waals surface area (Å²) in [5.74, 6) is -10.7. The molecule has 0 unspecified atom stereocenters. The number of carbonyl (C=O) groups excluding carboxylic acids is 11. The first-order valence-electron chi connectivity index (χ1n) is 34.0. The second kappa shape index (κ2) is 38.5. The van der Waals surface area contributed by atoms with Crippen LogP contribution in [-0.4, -0.2) is 246 Å². The summed E-state index contributed by atoms with van der Waals surface area (Å²) in [7, 11) is 9.83. The lowest BCUT2D eigenvalue weighted by molar-refractivity contribution is -0.208. The summed E-state index contributed by atoms with van der Waals surface area (Å²) in [6.07, 6.45) is 2.73. The maximum atomic E-state index is 16.1. The van der Waals surface area contributed by atoms with Gasteiger partial charge in [0.05, 0.1) is 19.3 Å². The standard InChI is InChI=1S/C69H126N12O13/c1-28-30-31-46(15)57(83)56-61(87)73-49(29-2)63(89)75(21)38-54(82)76(22)50(34-40(3)4)60(86)74-55(44(11)12)66(92)77(23)51(35-41(5)6)59(85)71-47(16)58(84)72-48(17)62(88)78(24)52(36-42(7)8)64(90)79(25)53(37-43(9)10)65(91)81(27)69(45(13)14,67(93)80(56)26)94-33-32-70-39-68(18,19)20/h28,30,40-53,55-57,70,83H,29,31-39H2,1-27H3,(H,71,85)(H,72,84)(H,73,87)(H,74,86)/b30-28+/t46-,47+,48-,49+,50+,51+,52+,53+,55+,56+,57-,69+/m1/s1. The van der Waals surface area contributed by atoms with E-state index in [2.05, 4.69) is 26.6 Å². The molecular weight excluding hydrogens is 1200 g/mol. The average molecular weight is 1330 g/mol. The first-order chi connectivity index (χ1) is 43.3. The first kappa shape index (κ1) is 85.8. The Morgan fingerprint density at radius 2 is 1.03 bits per heavy atom. The number of likely N-dealkylation sites (N-methyl/N-ethyl adjacent to an activating group) is 7. The number of nitrogens with one attached hydrogen (secondary N) is 5. The largest absolute Gasteiger partial charge is 0.390 e. The zero-order valence-electron chi connectivity index (χ0n) is 62.5. The van der Waals surface area contributed by atoms with Crippen molar-refractivity contribution in [2.24, 2.45) is 46.8 Å². The second-order valence-corrected chi connectivity index (χ2v) is 29.8. The molecule has 1 rings (SSSR count). The molecule has 94 heavy (non-hydrogen) atoms. The first-order valence-corrected chi connectivity index (χ1v) is 34.0. The molecule has 6 N–H and O–H groups in total. The van der Waals surface area contributed by atoms with Crippen LogP contribution in [0, 0.1) is 46.8 Å². The van der Waals surface area contributed by atoms with Gasteiger partial charge in [0.2, 0.25) is 64.8 Å². The van der Waals surface area contributed by atoms with Crippen LogP contribution in [0.25, 0.3) is 0 Å². The fraction of sp³-hybridized carbons (Fsp3) is 0.812. The third-order valence-electron chi connectivity index (χ3n) is 17.6. The summed E-state index contributed by atoms with van der Waals surface area (Å²) in [6.45, 7) is 35.9. The second-order valence-electron chi connectivity index (χ2n) is 29.8. The third-order valence-corrected chi connectivity index (χ3v) is 17.6. The minimum Gasteiger partial charge on any atom is -0.390 e. The van der Waals surface area contributed by atoms with E-state index in [0.29, 0.717) is 6.54 Å². The molecule has 0 radical (unpaired) electrons. The van der Waals surface area contributed by atoms with Crippen molar-refractivity contribution in [1.29, 1.82) is 0 Å². The molecule has 0 bridgehead atoms. The summed E-state index contributed by atoms with van der Waals surface area (Å²) in [5.41, 5.74) is -2.40. The van der Waals surface area contributed by atoms with E-state index in [1.165, 1.54) is 82.8 Å². The number of hydrogen-bond donors (Lipinski definition) is 6. The normalized spacial score (nSPS) is 26.5. The van der Waals surface area contributed by atoms with Crippen LogP contribution in [0.4, 0.5) is 0 Å². The molecule has 540 valence electrons. The van der Waals surface area contributed by atoms with Crippen LogP contribution in [0.15, 0.2) is 12.2 Å². The van der Waals surface area contributed by atoms with Crippen molar-refractivity contribution in [1.82, 2.24) is 60.9 Å². The van der Waals surface area contributed by atoms with Crippen molar-refractivity contribution in [3.63, 3.8) is 0 Å². The molecule has 1 aliphatic heterocycles. The number of rotatable bonds is 20. The SMILES string of the molecule is C/C=C/C[C@@H](C)[C@@H](O)[C@H]1C(=O)N[C@@H](CC)C(=O)N(C)CC(=O)N(C)[C@@H](CC(C)C)C(=O)N[C@@H](C(C)C)C(=O)N(C)[C@@H](CC(C)C)C(=O)N[C@@H](C)C(=O)N[C@H](C)C(=O)N(C)[C@@H](CC(C)C)C(=O)N(C)[C@@H](CC(C)C)C(=O)N(C)[C@](OCCNCC(C)(C)C)(C(C)C)C(=O)N1C. The van der Waals surface area contributed by atoms with Crippen molar-refractivity contribution >= 4 is 65.0 Å². The minimum atomic E-state index is -2.25. The van der Waals surface area contributed by atoms with E-state index in [1.54, 1.807) is 60.6 Å². The molecule has 25 heteroatoms. The maximum Gasteiger partial charge on any atom is 0.276 e. The molecule has 25 nitrogen and oxygen atoms in total. The van der Waals surface area contributed by atoms with E-state index in [-0.39, 0.29) is 80.8 Å². The third kappa shape index (κ3) is 24.2. The zero-order chi connectivity index (χ0) is 72.9. The number of aliphatic hydroxyl groups excluding tert-OH is 1. The predicted octanol–water partition coefficient (Wildman–Crippen LogP) is 4.25. The molecule has 11 amide bonds. The van der Waals surface area contributed by atoms with Gasteiger partial charge in [0, 0.05) is 68.3 Å². The molecule has 0 aromatic rings. The van der Waals surface area contributed by atoms with E-state index in [0.717, 1.165) is 14.7 Å². The summed E-state index contributed by atoms with van der Waals surface area (Å²) < 4.78 is 6.79. The molecule has 0 saturated carbocycles. The van der Waals surface area contributed by atoms with Crippen LogP contribution in [-0.2, 0) is 57.5 Å². The van der Waals surface area contributed by atoms with Crippen LogP contribution in [0.1, 0.15) is 177 Å². The van der Waals surface area contributed by atoms with Crippen LogP contribution in [0.5, 0.6) is 0 Å². The number of amides is 11. The van der Waals surface area contributed by atoms with E-state index < -0.39 is 155 Å². The number of hydrogen-bond acceptors (Lipinski definition) is 14. The number of ether oxygens (including phenoxy) is 1. The molecule has 1 fully saturated rings. The summed E-state index contributed by atoms with van der Waals surface area (Å²) >= 11 is 0. The Morgan fingerprint density at radius 1 is 0.574 bits per heavy atom. The fourth-order valence-electron chi connectivity index (χ4n) is 11.7. The Kier molecular flexibility index (Phi) is 35.2. The van der Waals surface area contributed by atoms with Gasteiger partial charge in [0.1, 0.15) is 54.4 Å². The van der Waals surface area contributed by atoms with Gasteiger partial charge in [-0.1, -0.05) is 130 Å². The average Bonchev–Trinajstić information content (AvgIpc) is 0.758. The Balaban J connectivity index is 4.59. The topological polar surface area (TPSA) is 300 Å². The van der Waals surface area contributed by atoms with Gasteiger partial charge in [-0.25, -0.2) is 0 Å². The molecule has 0 aromatic heterocycles. The quantitative estimate of drug-likeness (QED) is 0.0734. The van der Waals surface area contributed by atoms with Gasteiger partial charge in [0.25, 0.3) is 5.91 Å². The highest BCUT2D eigenvalue weighted by atomic mass is 16.5. The van der Waals surface area contributed by atoms with Gasteiger partial charge in [-0.3, -0.25) is 52.7 Å². The van der Waals surface area contributed by atoms with E-state index in [4.69, 9.17) is 4.74 Å². The molecule has 0 spiro atoms. The monoisotopic (exact) mass is 1330 g/mol. The van der Waals surface area contributed by atoms with Crippen molar-refractivity contribution < 1.29 is 62.6 Å². The Hall–Kier alpha value is -6.21. The molecule has 1 saturated heterocycles. The molecule has 1 aliphatic rings. The van der Waals surface area contributed by atoms with E-state index in [9.17, 15) is 38.7 Å². The van der Waals surface area contributed by atoms with Crippen LogP contribution < -0.4 is 26.6 Å². The lowest BCUT2D eigenvalue weighted by Gasteiger charge is -2.48. The van der Waals surface area contributed by atoms with E-state index >= 15 is 19.2 Å². The van der Waals surface area contributed by atoms with E-state index in [1.807, 2.05) is 76.2 Å². The lowest BCUT2D eigenvalue weighted by atomic mass is 9.89. The Morgan fingerprint density at radius 3 is 1.50 bits per heavy atom. The van der Waals surface area contributed by atoms with Crippen molar-refractivity contribution in [3.05, 3.63) is 12.2 Å². The van der Waals surface area contributed by atoms with Crippen molar-refractivity contribution in [2.75, 3.05) is 75.6 Å². The van der Waals surface area contributed by atoms with Gasteiger partial charge in [0.15, 0.2) is 0 Å². The lowest BCUT2D eigenvalue weighted by Crippen LogP contribution is -2.70. The number of aliphatic hydroxyl groups is 1. The summed E-state index contributed by atoms with van der Waals surface area (Å²) in [6, 6.07) is -11.5. The van der Waals surface area contributed by atoms with Crippen LogP contribution >= 0.6 is 0 Å². The number of allylic oxidation sites excluding steroid dienone is 2. The number of nitrogens with zero attached hydrogens (tertiary/aromatic N) is 7. The smallest absolute Gasteiger partial charge is 0.276 e. The predicted molar refractivity (Wildman–Crippen MR) is 366 cm³/mol. The number of carbonyl (C=O) groups is 11. The van der Waals surface area contributed by atoms with Gasteiger partial charge >= 0.3 is 0 Å². The maximum absolute atomic E-state index is 16.1. The Bertz CT molecular complexity index is 2570. The van der Waals surface area contributed by atoms with Crippen LogP contribution in [0.3, 0.4) is 0 Å². The molecule has 12 atom stereocenters. The molecule has 0 aliphatic carbocycles. The van der Waals surface area contributed by atoms with Gasteiger partial charge in [-0.2, -0.15) is 0 Å². The Labute approximate surface area is 564 Å². The highest BCUT2D eigenvalue weighted by Crippen LogP contribution is 2.33. The summed E-state index contributed by atoms with van der Waals surface area (Å²) in [5, 5.41) is 26.9. The zero-order valence-corrected chi connectivity index (χ0v) is 62.5. The highest BCUT2D eigenvalue weighted by Gasteiger charge is 2.55. The minimum absolute atomic E-state index is 0.0129. The van der Waals surface area contributed by atoms with Gasteiger partial charge in [-0.05, 0) is 100 Å². The summed E-state index contributed by atoms with van der Waals surface area (Å²) in [4.78, 5) is 172. The molecule has 0 aromatic carbocycles. The van der Waals surface area contributed by atoms with Gasteiger partial charge < -0.3 is 70.7 Å². The molecular formula is C69H126N12O13. The fourth-order valence-corrected chi connectivity index (χ4v) is 11.7.